The van der Waals surface area contributed by atoms with Gasteiger partial charge in [-0.1, -0.05) is 17.7 Å². The first-order valence-electron chi connectivity index (χ1n) is 9.47. The summed E-state index contributed by atoms with van der Waals surface area (Å²) in [5, 5.41) is 20.3. The quantitative estimate of drug-likeness (QED) is 0.673. The predicted molar refractivity (Wildman–Crippen MR) is 107 cm³/mol. The Kier molecular flexibility index (Phi) is 6.12. The van der Waals surface area contributed by atoms with Crippen molar-refractivity contribution in [2.45, 2.75) is 44.2 Å². The van der Waals surface area contributed by atoms with Crippen molar-refractivity contribution in [3.05, 3.63) is 57.4 Å². The lowest BCUT2D eigenvalue weighted by molar-refractivity contribution is -0.150. The van der Waals surface area contributed by atoms with Crippen LogP contribution in [0.2, 0.25) is 5.02 Å². The highest BCUT2D eigenvalue weighted by Crippen LogP contribution is 2.41. The minimum atomic E-state index is -1.57. The molecule has 0 spiro atoms. The molecule has 1 saturated heterocycles. The zero-order valence-electron chi connectivity index (χ0n) is 16.1. The van der Waals surface area contributed by atoms with E-state index in [0.29, 0.717) is 34.8 Å². The number of carboxylic acids is 2. The van der Waals surface area contributed by atoms with E-state index in [2.05, 4.69) is 0 Å². The van der Waals surface area contributed by atoms with Crippen molar-refractivity contribution in [1.29, 1.82) is 0 Å². The third kappa shape index (κ3) is 4.08. The van der Waals surface area contributed by atoms with Gasteiger partial charge in [-0.25, -0.2) is 14.0 Å². The molecule has 1 unspecified atom stereocenters. The van der Waals surface area contributed by atoms with Crippen LogP contribution in [0.1, 0.15) is 31.7 Å². The second kappa shape index (κ2) is 8.26. The monoisotopic (exact) mass is 422 g/mol. The Labute approximate surface area is 173 Å². The molecular weight excluding hydrogens is 399 g/mol. The van der Waals surface area contributed by atoms with Crippen molar-refractivity contribution in [2.24, 2.45) is 5.73 Å². The van der Waals surface area contributed by atoms with Crippen molar-refractivity contribution in [1.82, 2.24) is 4.90 Å². The Morgan fingerprint density at radius 3 is 2.72 bits per heavy atom. The SMILES string of the molecule is CC1=C(C(=O)O)C[C@@](C(=O)O)(N2CCCC(N)C2)C(Cc2cc(F)ccc2Cl)=C1. The number of likely N-dealkylation sites (tertiary alicyclic amines) is 1. The molecule has 0 amide bonds. The van der Waals surface area contributed by atoms with Gasteiger partial charge in [0, 0.05) is 29.6 Å². The van der Waals surface area contributed by atoms with Crippen molar-refractivity contribution in [2.75, 3.05) is 13.1 Å². The molecule has 1 aliphatic heterocycles. The smallest absolute Gasteiger partial charge is 0.331 e. The average Bonchev–Trinajstić information content (AvgIpc) is 2.64. The lowest BCUT2D eigenvalue weighted by Crippen LogP contribution is -2.62. The third-order valence-corrected chi connectivity index (χ3v) is 6.20. The van der Waals surface area contributed by atoms with Gasteiger partial charge in [0.15, 0.2) is 0 Å². The average molecular weight is 423 g/mol. The summed E-state index contributed by atoms with van der Waals surface area (Å²) >= 11 is 6.23. The van der Waals surface area contributed by atoms with Crippen LogP contribution in [0, 0.1) is 5.82 Å². The molecule has 1 aromatic carbocycles. The fourth-order valence-corrected chi connectivity index (χ4v) is 4.51. The predicted octanol–water partition coefficient (Wildman–Crippen LogP) is 3.00. The van der Waals surface area contributed by atoms with Crippen LogP contribution in [-0.2, 0) is 16.0 Å². The molecule has 0 saturated carbocycles. The molecule has 3 rings (SSSR count). The Morgan fingerprint density at radius 2 is 2.10 bits per heavy atom. The number of carboxylic acid groups (broad SMARTS) is 2. The minimum Gasteiger partial charge on any atom is -0.480 e. The first-order valence-corrected chi connectivity index (χ1v) is 9.85. The van der Waals surface area contributed by atoms with Gasteiger partial charge in [0.1, 0.15) is 11.4 Å². The Bertz CT molecular complexity index is 914. The molecule has 1 aromatic rings. The second-order valence-electron chi connectivity index (χ2n) is 7.74. The van der Waals surface area contributed by atoms with Gasteiger partial charge in [-0.05, 0) is 67.6 Å². The number of halogens is 2. The topological polar surface area (TPSA) is 104 Å². The van der Waals surface area contributed by atoms with Crippen molar-refractivity contribution in [3.63, 3.8) is 0 Å². The summed E-state index contributed by atoms with van der Waals surface area (Å²) in [7, 11) is 0. The van der Waals surface area contributed by atoms with Gasteiger partial charge in [-0.3, -0.25) is 4.90 Å². The molecule has 1 aliphatic carbocycles. The summed E-state index contributed by atoms with van der Waals surface area (Å²) in [6, 6.07) is 3.76. The maximum absolute atomic E-state index is 13.8. The van der Waals surface area contributed by atoms with Crippen LogP contribution < -0.4 is 5.73 Å². The number of nitrogens with zero attached hydrogens (tertiary/aromatic N) is 1. The van der Waals surface area contributed by atoms with Gasteiger partial charge in [0.25, 0.3) is 0 Å². The molecule has 2 atom stereocenters. The summed E-state index contributed by atoms with van der Waals surface area (Å²) in [6.45, 7) is 2.47. The number of hydrogen-bond acceptors (Lipinski definition) is 4. The van der Waals surface area contributed by atoms with Gasteiger partial charge in [0.05, 0.1) is 0 Å². The van der Waals surface area contributed by atoms with Crippen molar-refractivity contribution < 1.29 is 24.2 Å². The summed E-state index contributed by atoms with van der Waals surface area (Å²) in [5.74, 6) is -2.76. The zero-order valence-corrected chi connectivity index (χ0v) is 16.9. The molecule has 0 radical (unpaired) electrons. The number of rotatable bonds is 5. The molecule has 1 fully saturated rings. The molecular formula is C21H24ClFN2O4. The largest absolute Gasteiger partial charge is 0.480 e. The van der Waals surface area contributed by atoms with E-state index in [1.54, 1.807) is 17.9 Å². The maximum Gasteiger partial charge on any atom is 0.331 e. The summed E-state index contributed by atoms with van der Waals surface area (Å²) in [4.78, 5) is 26.2. The lowest BCUT2D eigenvalue weighted by Gasteiger charge is -2.47. The van der Waals surface area contributed by atoms with Gasteiger partial charge in [-0.15, -0.1) is 0 Å². The number of hydrogen-bond donors (Lipinski definition) is 3. The van der Waals surface area contributed by atoms with E-state index in [0.717, 1.165) is 12.8 Å². The number of benzene rings is 1. The van der Waals surface area contributed by atoms with E-state index in [-0.39, 0.29) is 24.5 Å². The molecule has 6 nitrogen and oxygen atoms in total. The Morgan fingerprint density at radius 1 is 1.38 bits per heavy atom. The van der Waals surface area contributed by atoms with Crippen molar-refractivity contribution in [3.8, 4) is 0 Å². The normalized spacial score (nSPS) is 25.7. The molecule has 0 bridgehead atoms. The van der Waals surface area contributed by atoms with Crippen LogP contribution in [0.5, 0.6) is 0 Å². The van der Waals surface area contributed by atoms with Crippen LogP contribution in [0.15, 0.2) is 41.0 Å². The highest BCUT2D eigenvalue weighted by Gasteiger charge is 2.51. The molecule has 4 N–H and O–H groups in total. The van der Waals surface area contributed by atoms with E-state index in [9.17, 15) is 24.2 Å². The fraction of sp³-hybridized carbons (Fsp3) is 0.429. The molecule has 2 aliphatic rings. The maximum atomic E-state index is 13.8. The first kappa shape index (κ1) is 21.5. The van der Waals surface area contributed by atoms with Crippen LogP contribution in [0.3, 0.4) is 0 Å². The van der Waals surface area contributed by atoms with Crippen molar-refractivity contribution >= 4 is 23.5 Å². The number of allylic oxidation sites excluding steroid dienone is 2. The van der Waals surface area contributed by atoms with Gasteiger partial charge < -0.3 is 15.9 Å². The van der Waals surface area contributed by atoms with E-state index in [1.807, 2.05) is 0 Å². The molecule has 0 aromatic heterocycles. The molecule has 29 heavy (non-hydrogen) atoms. The van der Waals surface area contributed by atoms with Gasteiger partial charge in [-0.2, -0.15) is 0 Å². The number of piperidine rings is 1. The Balaban J connectivity index is 2.15. The summed E-state index contributed by atoms with van der Waals surface area (Å²) in [5.41, 5.74) is 6.01. The standard InChI is InChI=1S/C21H24ClFN2O4/c1-12-7-14(8-13-9-15(23)4-5-18(13)22)21(20(28)29,10-17(12)19(26)27)25-6-2-3-16(24)11-25/h4-5,7,9,16H,2-3,6,8,10-11,24H2,1H3,(H,26,27)(H,28,29)/t16?,21-/m1/s1. The fourth-order valence-electron chi connectivity index (χ4n) is 4.32. The van der Waals surface area contributed by atoms with E-state index >= 15 is 0 Å². The Hall–Kier alpha value is -2.22. The minimum absolute atomic E-state index is 0.0561. The molecule has 156 valence electrons. The first-order chi connectivity index (χ1) is 13.6. The van der Waals surface area contributed by atoms with Gasteiger partial charge >= 0.3 is 11.9 Å². The third-order valence-electron chi connectivity index (χ3n) is 5.83. The van der Waals surface area contributed by atoms with Crippen LogP contribution in [0.4, 0.5) is 4.39 Å². The molecule has 8 heteroatoms. The van der Waals surface area contributed by atoms with Crippen LogP contribution >= 0.6 is 11.6 Å². The number of carbonyl (C=O) groups is 2. The number of nitrogens with two attached hydrogens (primary N) is 1. The zero-order chi connectivity index (χ0) is 21.3. The lowest BCUT2D eigenvalue weighted by atomic mass is 9.73. The van der Waals surface area contributed by atoms with Gasteiger partial charge in [0.2, 0.25) is 0 Å². The summed E-state index contributed by atoms with van der Waals surface area (Å²) in [6.07, 6.45) is 3.01. The highest BCUT2D eigenvalue weighted by molar-refractivity contribution is 6.31. The second-order valence-corrected chi connectivity index (χ2v) is 8.15. The summed E-state index contributed by atoms with van der Waals surface area (Å²) < 4.78 is 13.8. The van der Waals surface area contributed by atoms with Crippen LogP contribution in [-0.4, -0.2) is 51.7 Å². The number of aliphatic carboxylic acids is 2. The molecule has 1 heterocycles. The highest BCUT2D eigenvalue weighted by atomic mass is 35.5. The van der Waals surface area contributed by atoms with E-state index in [4.69, 9.17) is 17.3 Å². The van der Waals surface area contributed by atoms with E-state index < -0.39 is 23.3 Å². The van der Waals surface area contributed by atoms with E-state index in [1.165, 1.54) is 18.2 Å². The van der Waals surface area contributed by atoms with Crippen LogP contribution in [0.25, 0.3) is 0 Å².